The summed E-state index contributed by atoms with van der Waals surface area (Å²) in [5, 5.41) is 3.45. The van der Waals surface area contributed by atoms with Crippen LogP contribution in [0.1, 0.15) is 37.5 Å². The number of nitrogens with one attached hydrogen (secondary N) is 1. The van der Waals surface area contributed by atoms with E-state index in [4.69, 9.17) is 22.9 Å². The molecule has 1 N–H and O–H groups in total. The minimum Gasteiger partial charge on any atom is -0.462 e. The molecule has 0 fully saturated rings. The number of aromatic nitrogens is 1. The number of amides is 1. The first-order valence-electron chi connectivity index (χ1n) is 10.8. The normalized spacial score (nSPS) is 12.4. The van der Waals surface area contributed by atoms with E-state index in [1.807, 2.05) is 18.2 Å². The molecule has 2 aromatic carbocycles. The van der Waals surface area contributed by atoms with Crippen LogP contribution in [0, 0.1) is 6.57 Å². The first-order chi connectivity index (χ1) is 16.9. The zero-order chi connectivity index (χ0) is 26.5. The largest absolute Gasteiger partial charge is 0.462 e. The third kappa shape index (κ3) is 6.86. The van der Waals surface area contributed by atoms with Crippen LogP contribution in [0.25, 0.3) is 10.4 Å². The van der Waals surface area contributed by atoms with E-state index < -0.39 is 23.2 Å². The fourth-order valence-electron chi connectivity index (χ4n) is 3.33. The van der Waals surface area contributed by atoms with Crippen molar-refractivity contribution in [2.45, 2.75) is 39.0 Å². The number of hydrogen-bond donors (Lipinski definition) is 1. The van der Waals surface area contributed by atoms with Gasteiger partial charge in [0.2, 0.25) is 5.88 Å². The summed E-state index contributed by atoms with van der Waals surface area (Å²) in [6, 6.07) is 16.3. The predicted molar refractivity (Wildman–Crippen MR) is 133 cm³/mol. The lowest BCUT2D eigenvalue weighted by Gasteiger charge is -2.26. The molecule has 186 valence electrons. The molecule has 9 heteroatoms. The first kappa shape index (κ1) is 26.8. The average Bonchev–Trinajstić information content (AvgIpc) is 2.83. The number of hydrogen-bond acceptors (Lipinski definition) is 3. The van der Waals surface area contributed by atoms with Gasteiger partial charge >= 0.3 is 6.18 Å². The number of pyridine rings is 1. The van der Waals surface area contributed by atoms with Gasteiger partial charge in [0.25, 0.3) is 5.91 Å². The van der Waals surface area contributed by atoms with Crippen molar-refractivity contribution < 1.29 is 22.7 Å². The maximum Gasteiger partial charge on any atom is 0.417 e. The van der Waals surface area contributed by atoms with Crippen LogP contribution in [0.5, 0.6) is 5.88 Å². The Bertz CT molecular complexity index is 1310. The maximum absolute atomic E-state index is 13.1. The van der Waals surface area contributed by atoms with Gasteiger partial charge < -0.3 is 10.1 Å². The predicted octanol–water partition coefficient (Wildman–Crippen LogP) is 7.25. The van der Waals surface area contributed by atoms with Crippen LogP contribution in [0.15, 0.2) is 72.6 Å². The lowest BCUT2D eigenvalue weighted by atomic mass is 9.95. The molecule has 0 aliphatic carbocycles. The third-order valence-corrected chi connectivity index (χ3v) is 5.59. The van der Waals surface area contributed by atoms with Crippen molar-refractivity contribution in [1.29, 1.82) is 0 Å². The standard InChI is InChI=1S/C27H23ClF3N3O2/c1-17(34-25(35)26(2,3)36-24-13-10-20(16-33-24)27(29,30)31)23(14-18-8-11-21(28)12-9-18)19-6-5-7-22(15-19)32-4/h5-13,15-16H,14H2,1-3H3,(H,34,35). The number of halogens is 4. The Hall–Kier alpha value is -3.83. The van der Waals surface area contributed by atoms with Crippen molar-refractivity contribution >= 4 is 28.8 Å². The van der Waals surface area contributed by atoms with Crippen LogP contribution in [-0.4, -0.2) is 16.5 Å². The SMILES string of the molecule is [C-]#[N+]c1cccc(C(Cc2ccc(Cl)cc2)=C(C)NC(=O)C(C)(C)Oc2ccc(C(F)(F)F)cn2)c1. The summed E-state index contributed by atoms with van der Waals surface area (Å²) >= 11 is 6.01. The number of nitrogens with zero attached hydrogens (tertiary/aromatic N) is 2. The number of benzene rings is 2. The lowest BCUT2D eigenvalue weighted by molar-refractivity contribution is -0.138. The van der Waals surface area contributed by atoms with E-state index in [2.05, 4.69) is 15.1 Å². The summed E-state index contributed by atoms with van der Waals surface area (Å²) in [5.41, 5.74) is 1.12. The Morgan fingerprint density at radius 3 is 2.39 bits per heavy atom. The molecule has 3 rings (SSSR count). The highest BCUT2D eigenvalue weighted by Crippen LogP contribution is 2.30. The van der Waals surface area contributed by atoms with E-state index in [0.717, 1.165) is 28.8 Å². The highest BCUT2D eigenvalue weighted by atomic mass is 35.5. The zero-order valence-corrected chi connectivity index (χ0v) is 20.5. The number of allylic oxidation sites excluding steroid dienone is 2. The molecule has 1 aromatic heterocycles. The topological polar surface area (TPSA) is 55.6 Å². The molecule has 0 atom stereocenters. The molecule has 36 heavy (non-hydrogen) atoms. The van der Waals surface area contributed by atoms with Crippen molar-refractivity contribution in [3.63, 3.8) is 0 Å². The second kappa shape index (κ2) is 10.8. The summed E-state index contributed by atoms with van der Waals surface area (Å²) in [6.07, 6.45) is -3.42. The van der Waals surface area contributed by atoms with Crippen molar-refractivity contribution in [2.24, 2.45) is 0 Å². The number of carbonyl (C=O) groups excluding carboxylic acids is 1. The Morgan fingerprint density at radius 1 is 1.11 bits per heavy atom. The lowest BCUT2D eigenvalue weighted by Crippen LogP contribution is -2.46. The van der Waals surface area contributed by atoms with Crippen molar-refractivity contribution in [2.75, 3.05) is 0 Å². The van der Waals surface area contributed by atoms with Crippen LogP contribution >= 0.6 is 11.6 Å². The fraction of sp³-hybridized carbons (Fsp3) is 0.222. The van der Waals surface area contributed by atoms with E-state index in [1.54, 1.807) is 37.3 Å². The number of ether oxygens (including phenoxy) is 1. The Balaban J connectivity index is 1.87. The minimum absolute atomic E-state index is 0.115. The van der Waals surface area contributed by atoms with Gasteiger partial charge in [-0.15, -0.1) is 0 Å². The van der Waals surface area contributed by atoms with Crippen molar-refractivity contribution in [3.8, 4) is 5.88 Å². The van der Waals surface area contributed by atoms with Crippen LogP contribution < -0.4 is 10.1 Å². The minimum atomic E-state index is -4.52. The molecule has 0 aliphatic heterocycles. The molecule has 5 nitrogen and oxygen atoms in total. The van der Waals surface area contributed by atoms with Gasteiger partial charge in [0.05, 0.1) is 12.1 Å². The van der Waals surface area contributed by atoms with Gasteiger partial charge in [-0.25, -0.2) is 9.83 Å². The van der Waals surface area contributed by atoms with Crippen LogP contribution in [0.2, 0.25) is 5.02 Å². The molecular formula is C27H23ClF3N3O2. The van der Waals surface area contributed by atoms with Gasteiger partial charge in [0.1, 0.15) is 0 Å². The first-order valence-corrected chi connectivity index (χ1v) is 11.2. The van der Waals surface area contributed by atoms with E-state index >= 15 is 0 Å². The second-order valence-corrected chi connectivity index (χ2v) is 8.95. The summed E-state index contributed by atoms with van der Waals surface area (Å²) in [4.78, 5) is 20.3. The maximum atomic E-state index is 13.1. The molecule has 0 saturated carbocycles. The Labute approximate surface area is 212 Å². The summed E-state index contributed by atoms with van der Waals surface area (Å²) in [7, 11) is 0. The zero-order valence-electron chi connectivity index (χ0n) is 19.8. The smallest absolute Gasteiger partial charge is 0.417 e. The summed E-state index contributed by atoms with van der Waals surface area (Å²) in [5.74, 6) is -0.632. The molecule has 0 radical (unpaired) electrons. The summed E-state index contributed by atoms with van der Waals surface area (Å²) in [6.45, 7) is 12.0. The van der Waals surface area contributed by atoms with Crippen LogP contribution in [0.4, 0.5) is 18.9 Å². The van der Waals surface area contributed by atoms with Gasteiger partial charge in [-0.05, 0) is 68.2 Å². The number of alkyl halides is 3. The number of rotatable bonds is 7. The van der Waals surface area contributed by atoms with E-state index in [0.29, 0.717) is 29.0 Å². The molecule has 0 saturated heterocycles. The van der Waals surface area contributed by atoms with Crippen molar-refractivity contribution in [1.82, 2.24) is 10.3 Å². The van der Waals surface area contributed by atoms with Gasteiger partial charge in [-0.3, -0.25) is 4.79 Å². The molecule has 3 aromatic rings. The highest BCUT2D eigenvalue weighted by molar-refractivity contribution is 6.30. The van der Waals surface area contributed by atoms with Gasteiger partial charge in [-0.1, -0.05) is 41.9 Å². The monoisotopic (exact) mass is 513 g/mol. The molecule has 0 unspecified atom stereocenters. The summed E-state index contributed by atoms with van der Waals surface area (Å²) < 4.78 is 44.0. The molecule has 0 spiro atoms. The quantitative estimate of drug-likeness (QED) is 0.338. The fourth-order valence-corrected chi connectivity index (χ4v) is 3.46. The second-order valence-electron chi connectivity index (χ2n) is 8.52. The van der Waals surface area contributed by atoms with E-state index in [-0.39, 0.29) is 5.88 Å². The Morgan fingerprint density at radius 2 is 1.81 bits per heavy atom. The van der Waals surface area contributed by atoms with Gasteiger partial charge in [-0.2, -0.15) is 13.2 Å². The highest BCUT2D eigenvalue weighted by Gasteiger charge is 2.33. The van der Waals surface area contributed by atoms with Crippen LogP contribution in [0.3, 0.4) is 0 Å². The van der Waals surface area contributed by atoms with Gasteiger partial charge in [0.15, 0.2) is 11.3 Å². The van der Waals surface area contributed by atoms with E-state index in [1.165, 1.54) is 13.8 Å². The average molecular weight is 514 g/mol. The Kier molecular flexibility index (Phi) is 8.06. The molecule has 0 bridgehead atoms. The third-order valence-electron chi connectivity index (χ3n) is 5.34. The van der Waals surface area contributed by atoms with Crippen LogP contribution in [-0.2, 0) is 17.4 Å². The molecule has 1 heterocycles. The van der Waals surface area contributed by atoms with Gasteiger partial charge in [0, 0.05) is 23.0 Å². The molecule has 0 aliphatic rings. The molecular weight excluding hydrogens is 491 g/mol. The van der Waals surface area contributed by atoms with Crippen molar-refractivity contribution in [3.05, 3.63) is 106 Å². The van der Waals surface area contributed by atoms with E-state index in [9.17, 15) is 18.0 Å². The number of carbonyl (C=O) groups is 1. The molecule has 1 amide bonds.